The molecule has 2 N–H and O–H groups in total. The lowest BCUT2D eigenvalue weighted by atomic mass is 10.2. The number of aliphatic hydroxyl groups is 1. The Labute approximate surface area is 120 Å². The minimum Gasteiger partial charge on any atom is -0.392 e. The third-order valence-corrected chi connectivity index (χ3v) is 5.05. The summed E-state index contributed by atoms with van der Waals surface area (Å²) in [4.78, 5) is -0.217. The van der Waals surface area contributed by atoms with E-state index in [4.69, 9.17) is 5.11 Å². The number of rotatable bonds is 6. The molecule has 0 fully saturated rings. The molecule has 1 aromatic carbocycles. The van der Waals surface area contributed by atoms with Crippen LogP contribution in [0.4, 0.5) is 4.39 Å². The zero-order chi connectivity index (χ0) is 14.6. The van der Waals surface area contributed by atoms with Gasteiger partial charge >= 0.3 is 0 Å². The number of nitrogens with one attached hydrogen (secondary N) is 1. The highest BCUT2D eigenvalue weighted by Gasteiger charge is 2.18. The molecule has 0 saturated carbocycles. The van der Waals surface area contributed by atoms with Crippen molar-refractivity contribution >= 4 is 21.4 Å². The second-order valence-corrected chi connectivity index (χ2v) is 6.70. The monoisotopic (exact) mass is 315 g/mol. The first-order chi connectivity index (χ1) is 9.53. The number of hydrogen-bond donors (Lipinski definition) is 2. The lowest BCUT2D eigenvalue weighted by Gasteiger charge is -2.10. The van der Waals surface area contributed by atoms with E-state index in [9.17, 15) is 12.8 Å². The molecule has 0 aliphatic carbocycles. The number of benzene rings is 1. The third-order valence-electron chi connectivity index (χ3n) is 2.77. The highest BCUT2D eigenvalue weighted by molar-refractivity contribution is 7.89. The van der Waals surface area contributed by atoms with E-state index in [1.54, 1.807) is 11.3 Å². The van der Waals surface area contributed by atoms with Crippen molar-refractivity contribution < 1.29 is 17.9 Å². The number of thiophene rings is 1. The van der Waals surface area contributed by atoms with Gasteiger partial charge in [0.25, 0.3) is 0 Å². The number of halogens is 1. The van der Waals surface area contributed by atoms with Gasteiger partial charge in [-0.3, -0.25) is 0 Å². The van der Waals surface area contributed by atoms with E-state index in [1.807, 2.05) is 16.8 Å². The Morgan fingerprint density at radius 2 is 2.10 bits per heavy atom. The third kappa shape index (κ3) is 3.63. The first kappa shape index (κ1) is 15.1. The normalized spacial score (nSPS) is 11.7. The van der Waals surface area contributed by atoms with Crippen LogP contribution in [0.1, 0.15) is 11.1 Å². The molecule has 0 unspecified atom stereocenters. The Hall–Kier alpha value is -1.28. The fraction of sp³-hybridized carbons (Fsp3) is 0.231. The maximum atomic E-state index is 13.2. The highest BCUT2D eigenvalue weighted by Crippen LogP contribution is 2.17. The fourth-order valence-electron chi connectivity index (χ4n) is 1.75. The molecule has 7 heteroatoms. The minimum atomic E-state index is -3.83. The van der Waals surface area contributed by atoms with E-state index in [-0.39, 0.29) is 17.0 Å². The molecule has 20 heavy (non-hydrogen) atoms. The summed E-state index contributed by atoms with van der Waals surface area (Å²) in [6.45, 7) is -0.235. The van der Waals surface area contributed by atoms with Gasteiger partial charge in [0.15, 0.2) is 0 Å². The predicted octanol–water partition coefficient (Wildman–Crippen LogP) is 1.90. The van der Waals surface area contributed by atoms with Gasteiger partial charge in [-0.25, -0.2) is 17.5 Å². The summed E-state index contributed by atoms with van der Waals surface area (Å²) in [6.07, 6.45) is 0.562. The lowest BCUT2D eigenvalue weighted by molar-refractivity contribution is 0.278. The Bertz CT molecular complexity index is 669. The second kappa shape index (κ2) is 6.45. The largest absolute Gasteiger partial charge is 0.392 e. The standard InChI is InChI=1S/C13H14FNO3S2/c14-12-2-1-11(8-16)13(7-12)20(17,18)15-5-3-10-4-6-19-9-10/h1-2,4,6-7,9,15-16H,3,5,8H2. The van der Waals surface area contributed by atoms with Gasteiger partial charge in [-0.2, -0.15) is 11.3 Å². The van der Waals surface area contributed by atoms with Crippen LogP contribution in [0.3, 0.4) is 0 Å². The van der Waals surface area contributed by atoms with Gasteiger partial charge in [0.05, 0.1) is 11.5 Å². The van der Waals surface area contributed by atoms with Crippen LogP contribution in [-0.4, -0.2) is 20.1 Å². The van der Waals surface area contributed by atoms with E-state index in [0.717, 1.165) is 17.7 Å². The van der Waals surface area contributed by atoms with Crippen molar-refractivity contribution in [1.29, 1.82) is 0 Å². The van der Waals surface area contributed by atoms with E-state index >= 15 is 0 Å². The molecule has 1 heterocycles. The molecule has 1 aromatic heterocycles. The van der Waals surface area contributed by atoms with Crippen molar-refractivity contribution in [2.24, 2.45) is 0 Å². The topological polar surface area (TPSA) is 66.4 Å². The zero-order valence-electron chi connectivity index (χ0n) is 10.5. The van der Waals surface area contributed by atoms with Crippen LogP contribution in [-0.2, 0) is 23.1 Å². The van der Waals surface area contributed by atoms with Gasteiger partial charge < -0.3 is 5.11 Å². The Balaban J connectivity index is 2.11. The van der Waals surface area contributed by atoms with Crippen LogP contribution >= 0.6 is 11.3 Å². The maximum absolute atomic E-state index is 13.2. The van der Waals surface area contributed by atoms with Crippen molar-refractivity contribution in [2.45, 2.75) is 17.9 Å². The van der Waals surface area contributed by atoms with Gasteiger partial charge in [0.1, 0.15) is 5.82 Å². The van der Waals surface area contributed by atoms with E-state index in [1.165, 1.54) is 6.07 Å². The Kier molecular flexibility index (Phi) is 4.87. The lowest BCUT2D eigenvalue weighted by Crippen LogP contribution is -2.27. The number of sulfonamides is 1. The molecular formula is C13H14FNO3S2. The molecule has 2 rings (SSSR count). The molecule has 0 amide bonds. The average molecular weight is 315 g/mol. The second-order valence-electron chi connectivity index (χ2n) is 4.19. The smallest absolute Gasteiger partial charge is 0.241 e. The van der Waals surface area contributed by atoms with Crippen molar-refractivity contribution in [2.75, 3.05) is 6.54 Å². The summed E-state index contributed by atoms with van der Waals surface area (Å²) in [5, 5.41) is 13.0. The molecule has 0 bridgehead atoms. The fourth-order valence-corrected chi connectivity index (χ4v) is 3.73. The average Bonchev–Trinajstić information content (AvgIpc) is 2.91. The Morgan fingerprint density at radius 1 is 1.30 bits per heavy atom. The van der Waals surface area contributed by atoms with Crippen LogP contribution in [0.25, 0.3) is 0 Å². The zero-order valence-corrected chi connectivity index (χ0v) is 12.2. The summed E-state index contributed by atoms with van der Waals surface area (Å²) in [5.74, 6) is -0.652. The highest BCUT2D eigenvalue weighted by atomic mass is 32.2. The SMILES string of the molecule is O=S(=O)(NCCc1ccsc1)c1cc(F)ccc1CO. The van der Waals surface area contributed by atoms with Crippen molar-refractivity contribution in [1.82, 2.24) is 4.72 Å². The quantitative estimate of drug-likeness (QED) is 0.855. The summed E-state index contributed by atoms with van der Waals surface area (Å²) in [5.41, 5.74) is 1.22. The van der Waals surface area contributed by atoms with Gasteiger partial charge in [-0.15, -0.1) is 0 Å². The van der Waals surface area contributed by atoms with Crippen molar-refractivity contribution in [3.63, 3.8) is 0 Å². The molecule has 0 spiro atoms. The molecular weight excluding hydrogens is 301 g/mol. The number of aliphatic hydroxyl groups excluding tert-OH is 1. The number of hydrogen-bond acceptors (Lipinski definition) is 4. The molecule has 2 aromatic rings. The Morgan fingerprint density at radius 3 is 2.75 bits per heavy atom. The molecule has 0 saturated heterocycles. The van der Waals surface area contributed by atoms with E-state index in [2.05, 4.69) is 4.72 Å². The summed E-state index contributed by atoms with van der Waals surface area (Å²) in [7, 11) is -3.83. The molecule has 0 radical (unpaired) electrons. The van der Waals surface area contributed by atoms with Crippen LogP contribution in [0.15, 0.2) is 39.9 Å². The van der Waals surface area contributed by atoms with E-state index < -0.39 is 22.4 Å². The van der Waals surface area contributed by atoms with Gasteiger partial charge in [-0.05, 0) is 46.5 Å². The predicted molar refractivity (Wildman–Crippen MR) is 75.5 cm³/mol. The van der Waals surface area contributed by atoms with Crippen LogP contribution < -0.4 is 4.72 Å². The summed E-state index contributed by atoms with van der Waals surface area (Å²) in [6, 6.07) is 5.22. The maximum Gasteiger partial charge on any atom is 0.241 e. The van der Waals surface area contributed by atoms with E-state index in [0.29, 0.717) is 6.42 Å². The summed E-state index contributed by atoms with van der Waals surface area (Å²) >= 11 is 1.54. The minimum absolute atomic E-state index is 0.175. The van der Waals surface area contributed by atoms with Crippen LogP contribution in [0.5, 0.6) is 0 Å². The van der Waals surface area contributed by atoms with Crippen LogP contribution in [0, 0.1) is 5.82 Å². The molecule has 0 atom stereocenters. The first-order valence-corrected chi connectivity index (χ1v) is 8.35. The first-order valence-electron chi connectivity index (χ1n) is 5.93. The molecule has 4 nitrogen and oxygen atoms in total. The van der Waals surface area contributed by atoms with Crippen molar-refractivity contribution in [3.8, 4) is 0 Å². The molecule has 108 valence electrons. The molecule has 0 aliphatic rings. The molecule has 0 aliphatic heterocycles. The van der Waals surface area contributed by atoms with Gasteiger partial charge in [0, 0.05) is 6.54 Å². The van der Waals surface area contributed by atoms with Gasteiger partial charge in [0.2, 0.25) is 10.0 Å². The van der Waals surface area contributed by atoms with Crippen LogP contribution in [0.2, 0.25) is 0 Å². The summed E-state index contributed by atoms with van der Waals surface area (Å²) < 4.78 is 39.8. The van der Waals surface area contributed by atoms with Gasteiger partial charge in [-0.1, -0.05) is 6.07 Å². The van der Waals surface area contributed by atoms with Crippen molar-refractivity contribution in [3.05, 3.63) is 52.0 Å².